The van der Waals surface area contributed by atoms with E-state index in [1.54, 1.807) is 18.3 Å². The van der Waals surface area contributed by atoms with E-state index in [1.165, 1.54) is 5.69 Å². The average Bonchev–Trinajstić information content (AvgIpc) is 3.08. The Labute approximate surface area is 162 Å². The van der Waals surface area contributed by atoms with E-state index >= 15 is 0 Å². The number of amides is 1. The maximum Gasteiger partial charge on any atom is 0.227 e. The standard InChI is InChI=1S/C20H19Cl2N3O/c21-16-4-3-14(17(22)12-16)11-19(26)25-8-5-13(6-9-25)18-10-15-2-1-7-23-20(15)24-18/h1-4,7,10,12-13H,5-6,8-9,11H2,(H,23,24). The molecule has 1 aliphatic rings. The number of halogens is 2. The fraction of sp³-hybridized carbons (Fsp3) is 0.300. The maximum atomic E-state index is 12.6. The number of nitrogens with one attached hydrogen (secondary N) is 1. The Hall–Kier alpha value is -2.04. The van der Waals surface area contributed by atoms with E-state index in [1.807, 2.05) is 17.0 Å². The highest BCUT2D eigenvalue weighted by atomic mass is 35.5. The number of likely N-dealkylation sites (tertiary alicyclic amines) is 1. The summed E-state index contributed by atoms with van der Waals surface area (Å²) >= 11 is 12.1. The molecule has 0 spiro atoms. The number of fused-ring (bicyclic) bond motifs is 1. The Kier molecular flexibility index (Phi) is 4.88. The summed E-state index contributed by atoms with van der Waals surface area (Å²) < 4.78 is 0. The van der Waals surface area contributed by atoms with Crippen molar-refractivity contribution in [2.75, 3.05) is 13.1 Å². The summed E-state index contributed by atoms with van der Waals surface area (Å²) in [5.41, 5.74) is 2.97. The van der Waals surface area contributed by atoms with Crippen molar-refractivity contribution < 1.29 is 4.79 Å². The molecule has 6 heteroatoms. The minimum atomic E-state index is 0.117. The Morgan fingerprint density at radius 3 is 2.73 bits per heavy atom. The highest BCUT2D eigenvalue weighted by Crippen LogP contribution is 2.30. The lowest BCUT2D eigenvalue weighted by Gasteiger charge is -2.31. The van der Waals surface area contributed by atoms with Gasteiger partial charge >= 0.3 is 0 Å². The first-order chi connectivity index (χ1) is 12.6. The van der Waals surface area contributed by atoms with Crippen LogP contribution in [0.4, 0.5) is 0 Å². The number of aromatic nitrogens is 2. The SMILES string of the molecule is O=C(Cc1ccc(Cl)cc1Cl)N1CCC(c2cc3cccnc3[nH]2)CC1. The number of nitrogens with zero attached hydrogens (tertiary/aromatic N) is 2. The average molecular weight is 388 g/mol. The van der Waals surface area contributed by atoms with Gasteiger partial charge in [-0.1, -0.05) is 29.3 Å². The molecule has 2 aromatic heterocycles. The fourth-order valence-electron chi connectivity index (χ4n) is 3.58. The van der Waals surface area contributed by atoms with Crippen LogP contribution in [-0.4, -0.2) is 33.9 Å². The molecular weight excluding hydrogens is 369 g/mol. The number of hydrogen-bond acceptors (Lipinski definition) is 2. The van der Waals surface area contributed by atoms with Crippen LogP contribution in [0.5, 0.6) is 0 Å². The zero-order valence-electron chi connectivity index (χ0n) is 14.2. The number of piperidine rings is 1. The van der Waals surface area contributed by atoms with Crippen molar-refractivity contribution in [3.05, 3.63) is 63.9 Å². The van der Waals surface area contributed by atoms with Crippen molar-refractivity contribution in [1.82, 2.24) is 14.9 Å². The monoisotopic (exact) mass is 387 g/mol. The Morgan fingerprint density at radius 2 is 2.00 bits per heavy atom. The molecule has 1 saturated heterocycles. The Bertz CT molecular complexity index is 912. The molecule has 0 radical (unpaired) electrons. The quantitative estimate of drug-likeness (QED) is 0.700. The second-order valence-electron chi connectivity index (χ2n) is 6.73. The molecule has 1 N–H and O–H groups in total. The van der Waals surface area contributed by atoms with Crippen LogP contribution in [0.2, 0.25) is 10.0 Å². The van der Waals surface area contributed by atoms with E-state index < -0.39 is 0 Å². The van der Waals surface area contributed by atoms with E-state index in [2.05, 4.69) is 22.1 Å². The summed E-state index contributed by atoms with van der Waals surface area (Å²) in [4.78, 5) is 22.3. The van der Waals surface area contributed by atoms with Crippen LogP contribution in [0.3, 0.4) is 0 Å². The van der Waals surface area contributed by atoms with E-state index in [-0.39, 0.29) is 5.91 Å². The lowest BCUT2D eigenvalue weighted by Crippen LogP contribution is -2.38. The fourth-order valence-corrected chi connectivity index (χ4v) is 4.05. The van der Waals surface area contributed by atoms with E-state index in [0.29, 0.717) is 22.4 Å². The molecule has 0 bridgehead atoms. The van der Waals surface area contributed by atoms with Gasteiger partial charge in [0.05, 0.1) is 6.42 Å². The number of pyridine rings is 1. The van der Waals surface area contributed by atoms with Gasteiger partial charge in [0.25, 0.3) is 0 Å². The number of hydrogen-bond donors (Lipinski definition) is 1. The van der Waals surface area contributed by atoms with Crippen LogP contribution in [0.25, 0.3) is 11.0 Å². The third kappa shape index (κ3) is 3.57. The molecule has 0 saturated carbocycles. The molecule has 0 atom stereocenters. The van der Waals surface area contributed by atoms with E-state index in [9.17, 15) is 4.79 Å². The number of rotatable bonds is 3. The Balaban J connectivity index is 1.39. The minimum Gasteiger partial charge on any atom is -0.343 e. The van der Waals surface area contributed by atoms with Crippen LogP contribution in [0, 0.1) is 0 Å². The van der Waals surface area contributed by atoms with Crippen molar-refractivity contribution in [2.45, 2.75) is 25.2 Å². The van der Waals surface area contributed by atoms with Gasteiger partial charge in [0.1, 0.15) is 5.65 Å². The molecule has 1 amide bonds. The number of carbonyl (C=O) groups is 1. The van der Waals surface area contributed by atoms with Crippen molar-refractivity contribution in [2.24, 2.45) is 0 Å². The summed E-state index contributed by atoms with van der Waals surface area (Å²) in [5.74, 6) is 0.554. The predicted octanol–water partition coefficient (Wildman–Crippen LogP) is 4.82. The van der Waals surface area contributed by atoms with Crippen molar-refractivity contribution >= 4 is 40.1 Å². The molecule has 1 aromatic carbocycles. The second kappa shape index (κ2) is 7.29. The van der Waals surface area contributed by atoms with Gasteiger partial charge < -0.3 is 9.88 Å². The zero-order valence-corrected chi connectivity index (χ0v) is 15.7. The zero-order chi connectivity index (χ0) is 18.1. The molecule has 26 heavy (non-hydrogen) atoms. The number of aromatic amines is 1. The summed E-state index contributed by atoms with van der Waals surface area (Å²) in [6, 6.07) is 11.5. The van der Waals surface area contributed by atoms with Crippen LogP contribution >= 0.6 is 23.2 Å². The van der Waals surface area contributed by atoms with Crippen molar-refractivity contribution in [1.29, 1.82) is 0 Å². The molecule has 0 unspecified atom stereocenters. The van der Waals surface area contributed by atoms with Gasteiger partial charge in [-0.25, -0.2) is 4.98 Å². The van der Waals surface area contributed by atoms with Gasteiger partial charge in [-0.3, -0.25) is 4.79 Å². The van der Waals surface area contributed by atoms with Gasteiger partial charge in [0, 0.05) is 46.3 Å². The summed E-state index contributed by atoms with van der Waals surface area (Å²) in [6.45, 7) is 1.52. The molecule has 0 aliphatic carbocycles. The summed E-state index contributed by atoms with van der Waals surface area (Å²) in [6.07, 6.45) is 4.02. The first-order valence-electron chi connectivity index (χ1n) is 8.75. The van der Waals surface area contributed by atoms with E-state index in [4.69, 9.17) is 23.2 Å². The first-order valence-corrected chi connectivity index (χ1v) is 9.51. The van der Waals surface area contributed by atoms with Gasteiger partial charge in [-0.2, -0.15) is 0 Å². The van der Waals surface area contributed by atoms with Gasteiger partial charge in [-0.05, 0) is 48.7 Å². The number of benzene rings is 1. The van der Waals surface area contributed by atoms with Crippen LogP contribution < -0.4 is 0 Å². The predicted molar refractivity (Wildman–Crippen MR) is 105 cm³/mol. The third-order valence-corrected chi connectivity index (χ3v) is 5.64. The molecule has 1 fully saturated rings. The lowest BCUT2D eigenvalue weighted by atomic mass is 9.93. The van der Waals surface area contributed by atoms with Crippen molar-refractivity contribution in [3.8, 4) is 0 Å². The molecule has 4 nitrogen and oxygen atoms in total. The van der Waals surface area contributed by atoms with Gasteiger partial charge in [0.15, 0.2) is 0 Å². The summed E-state index contributed by atoms with van der Waals surface area (Å²) in [5, 5.41) is 2.27. The second-order valence-corrected chi connectivity index (χ2v) is 7.58. The van der Waals surface area contributed by atoms with Crippen LogP contribution in [0.15, 0.2) is 42.6 Å². The molecule has 1 aliphatic heterocycles. The number of carbonyl (C=O) groups excluding carboxylic acids is 1. The van der Waals surface area contributed by atoms with Crippen LogP contribution in [-0.2, 0) is 11.2 Å². The van der Waals surface area contributed by atoms with E-state index in [0.717, 1.165) is 42.5 Å². The minimum absolute atomic E-state index is 0.117. The van der Waals surface area contributed by atoms with Gasteiger partial charge in [-0.15, -0.1) is 0 Å². The third-order valence-electron chi connectivity index (χ3n) is 5.06. The smallest absolute Gasteiger partial charge is 0.227 e. The largest absolute Gasteiger partial charge is 0.343 e. The van der Waals surface area contributed by atoms with Crippen LogP contribution in [0.1, 0.15) is 30.0 Å². The molecular formula is C20H19Cl2N3O. The highest BCUT2D eigenvalue weighted by Gasteiger charge is 2.25. The highest BCUT2D eigenvalue weighted by molar-refractivity contribution is 6.35. The topological polar surface area (TPSA) is 49.0 Å². The first kappa shape index (κ1) is 17.4. The molecule has 3 heterocycles. The van der Waals surface area contributed by atoms with Gasteiger partial charge in [0.2, 0.25) is 5.91 Å². The van der Waals surface area contributed by atoms with Crippen molar-refractivity contribution in [3.63, 3.8) is 0 Å². The normalized spacial score (nSPS) is 15.5. The maximum absolute atomic E-state index is 12.6. The lowest BCUT2D eigenvalue weighted by molar-refractivity contribution is -0.131. The Morgan fingerprint density at radius 1 is 1.19 bits per heavy atom. The summed E-state index contributed by atoms with van der Waals surface area (Å²) in [7, 11) is 0. The number of H-pyrrole nitrogens is 1. The molecule has 134 valence electrons. The molecule has 4 rings (SSSR count). The molecule has 3 aromatic rings.